The zero-order valence-electron chi connectivity index (χ0n) is 18.7. The summed E-state index contributed by atoms with van der Waals surface area (Å²) in [5.74, 6) is 0. The van der Waals surface area contributed by atoms with Gasteiger partial charge in [-0.1, -0.05) is 26.0 Å². The SMILES string of the molecule is CC1(C)Cc2nc(CO)c3c(c2C(O)C1)C1(CCOCC1)O[C@@H]3c1ccc(C(F)(F)F)cc1. The number of aromatic nitrogens is 1. The van der Waals surface area contributed by atoms with Crippen molar-refractivity contribution in [3.05, 3.63) is 63.5 Å². The number of rotatable bonds is 2. The first-order valence-electron chi connectivity index (χ1n) is 11.3. The summed E-state index contributed by atoms with van der Waals surface area (Å²) in [6.07, 6.45) is -3.47. The van der Waals surface area contributed by atoms with Crippen LogP contribution < -0.4 is 0 Å². The fourth-order valence-corrected chi connectivity index (χ4v) is 5.75. The van der Waals surface area contributed by atoms with Crippen molar-refractivity contribution in [1.29, 1.82) is 0 Å². The largest absolute Gasteiger partial charge is 0.416 e. The molecule has 1 saturated heterocycles. The van der Waals surface area contributed by atoms with Gasteiger partial charge >= 0.3 is 6.18 Å². The van der Waals surface area contributed by atoms with E-state index in [-0.39, 0.29) is 12.0 Å². The number of alkyl halides is 3. The molecular weight excluding hydrogens is 435 g/mol. The molecule has 0 bridgehead atoms. The van der Waals surface area contributed by atoms with E-state index in [1.54, 1.807) is 0 Å². The highest BCUT2D eigenvalue weighted by atomic mass is 19.4. The molecule has 3 aliphatic rings. The average molecular weight is 463 g/mol. The van der Waals surface area contributed by atoms with Crippen LogP contribution in [0.1, 0.15) is 84.5 Å². The molecule has 8 heteroatoms. The first kappa shape index (κ1) is 22.8. The van der Waals surface area contributed by atoms with Crippen molar-refractivity contribution in [3.8, 4) is 0 Å². The second kappa shape index (κ2) is 7.77. The third kappa shape index (κ3) is 3.77. The second-order valence-electron chi connectivity index (χ2n) is 10.2. The first-order chi connectivity index (χ1) is 15.5. The molecule has 178 valence electrons. The minimum Gasteiger partial charge on any atom is -0.390 e. The van der Waals surface area contributed by atoms with Gasteiger partial charge < -0.3 is 19.7 Å². The van der Waals surface area contributed by atoms with E-state index in [4.69, 9.17) is 14.5 Å². The Bertz CT molecular complexity index is 1060. The van der Waals surface area contributed by atoms with Crippen molar-refractivity contribution in [2.45, 2.75) is 70.1 Å². The summed E-state index contributed by atoms with van der Waals surface area (Å²) >= 11 is 0. The maximum Gasteiger partial charge on any atom is 0.416 e. The van der Waals surface area contributed by atoms with Gasteiger partial charge in [0, 0.05) is 42.9 Å². The minimum atomic E-state index is -4.43. The van der Waals surface area contributed by atoms with E-state index in [2.05, 4.69) is 13.8 Å². The smallest absolute Gasteiger partial charge is 0.390 e. The van der Waals surface area contributed by atoms with Crippen molar-refractivity contribution in [1.82, 2.24) is 4.98 Å². The lowest BCUT2D eigenvalue weighted by Crippen LogP contribution is -2.37. The number of fused-ring (bicyclic) bond motifs is 4. The van der Waals surface area contributed by atoms with E-state index in [0.717, 1.165) is 29.0 Å². The predicted molar refractivity (Wildman–Crippen MR) is 113 cm³/mol. The minimum absolute atomic E-state index is 0.143. The molecule has 2 atom stereocenters. The van der Waals surface area contributed by atoms with Gasteiger partial charge in [-0.3, -0.25) is 4.98 Å². The standard InChI is InChI=1S/C25H28F3NO4/c1-23(2)11-16-19(18(31)12-23)21-20(17(13-30)29-16)22(33-24(21)7-9-32-10-8-24)14-3-5-15(6-4-14)25(26,27)28/h3-6,18,22,30-31H,7-13H2,1-2H3/t18?,22-/m1/s1. The van der Waals surface area contributed by atoms with E-state index in [9.17, 15) is 23.4 Å². The number of hydrogen-bond donors (Lipinski definition) is 2. The highest BCUT2D eigenvalue weighted by Crippen LogP contribution is 2.57. The van der Waals surface area contributed by atoms with Crippen molar-refractivity contribution in [3.63, 3.8) is 0 Å². The van der Waals surface area contributed by atoms with Crippen LogP contribution in [0.5, 0.6) is 0 Å². The fraction of sp³-hybridized carbons (Fsp3) is 0.560. The quantitative estimate of drug-likeness (QED) is 0.674. The van der Waals surface area contributed by atoms with Gasteiger partial charge in [0.2, 0.25) is 0 Å². The van der Waals surface area contributed by atoms with Crippen LogP contribution in [0.2, 0.25) is 0 Å². The summed E-state index contributed by atoms with van der Waals surface area (Å²) in [5.41, 5.74) is 2.48. The zero-order chi connectivity index (χ0) is 23.6. The molecule has 2 aliphatic heterocycles. The van der Waals surface area contributed by atoms with E-state index in [1.807, 2.05) is 0 Å². The Morgan fingerprint density at radius 1 is 1.09 bits per heavy atom. The molecule has 0 radical (unpaired) electrons. The lowest BCUT2D eigenvalue weighted by atomic mass is 9.70. The third-order valence-corrected chi connectivity index (χ3v) is 7.21. The van der Waals surface area contributed by atoms with Crippen molar-refractivity contribution < 1.29 is 32.9 Å². The van der Waals surface area contributed by atoms with Crippen LogP contribution >= 0.6 is 0 Å². The predicted octanol–water partition coefficient (Wildman–Crippen LogP) is 4.72. The Kier molecular flexibility index (Phi) is 5.36. The number of hydrogen-bond acceptors (Lipinski definition) is 5. The van der Waals surface area contributed by atoms with Gasteiger partial charge in [0.1, 0.15) is 6.10 Å². The maximum absolute atomic E-state index is 13.1. The van der Waals surface area contributed by atoms with E-state index < -0.39 is 29.5 Å². The van der Waals surface area contributed by atoms with Crippen LogP contribution in [0.3, 0.4) is 0 Å². The monoisotopic (exact) mass is 463 g/mol. The molecule has 1 unspecified atom stereocenters. The Labute approximate surface area is 190 Å². The molecule has 0 amide bonds. The highest BCUT2D eigenvalue weighted by molar-refractivity contribution is 5.53. The Balaban J connectivity index is 1.71. The van der Waals surface area contributed by atoms with Crippen molar-refractivity contribution in [2.75, 3.05) is 13.2 Å². The number of nitrogens with zero attached hydrogens (tertiary/aromatic N) is 1. The van der Waals surface area contributed by atoms with Crippen molar-refractivity contribution in [2.24, 2.45) is 5.41 Å². The van der Waals surface area contributed by atoms with Crippen molar-refractivity contribution >= 4 is 0 Å². The molecule has 1 spiro atoms. The zero-order valence-corrected chi connectivity index (χ0v) is 18.7. The van der Waals surface area contributed by atoms with Crippen LogP contribution in [-0.4, -0.2) is 28.4 Å². The lowest BCUT2D eigenvalue weighted by molar-refractivity contribution is -0.137. The molecule has 5 rings (SSSR count). The number of benzene rings is 1. The van der Waals surface area contributed by atoms with Gasteiger partial charge in [0.05, 0.1) is 29.6 Å². The van der Waals surface area contributed by atoms with Crippen LogP contribution in [0.4, 0.5) is 13.2 Å². The summed E-state index contributed by atoms with van der Waals surface area (Å²) in [6, 6.07) is 4.95. The molecular formula is C25H28F3NO4. The first-order valence-corrected chi connectivity index (χ1v) is 11.3. The lowest BCUT2D eigenvalue weighted by Gasteiger charge is -2.40. The Morgan fingerprint density at radius 3 is 2.36 bits per heavy atom. The van der Waals surface area contributed by atoms with Crippen LogP contribution in [0, 0.1) is 5.41 Å². The number of pyridine rings is 1. The summed E-state index contributed by atoms with van der Waals surface area (Å²) < 4.78 is 51.6. The molecule has 5 nitrogen and oxygen atoms in total. The normalized spacial score (nSPS) is 25.7. The second-order valence-corrected chi connectivity index (χ2v) is 10.2. The van der Waals surface area contributed by atoms with Gasteiger partial charge in [0.15, 0.2) is 0 Å². The molecule has 1 aromatic carbocycles. The Hall–Kier alpha value is -2.00. The average Bonchev–Trinajstić information content (AvgIpc) is 3.06. The molecule has 0 saturated carbocycles. The van der Waals surface area contributed by atoms with E-state index in [0.29, 0.717) is 55.7 Å². The van der Waals surface area contributed by atoms with E-state index >= 15 is 0 Å². The summed E-state index contributed by atoms with van der Waals surface area (Å²) in [6.45, 7) is 4.80. The topological polar surface area (TPSA) is 71.8 Å². The van der Waals surface area contributed by atoms with Crippen LogP contribution in [-0.2, 0) is 34.3 Å². The fourth-order valence-electron chi connectivity index (χ4n) is 5.75. The van der Waals surface area contributed by atoms with Gasteiger partial charge in [-0.2, -0.15) is 13.2 Å². The number of aliphatic hydroxyl groups is 2. The number of halogens is 3. The highest BCUT2D eigenvalue weighted by Gasteiger charge is 2.52. The van der Waals surface area contributed by atoms with Gasteiger partial charge in [-0.25, -0.2) is 0 Å². The summed E-state index contributed by atoms with van der Waals surface area (Å²) in [5, 5.41) is 21.5. The van der Waals surface area contributed by atoms with Gasteiger partial charge in [0.25, 0.3) is 0 Å². The Morgan fingerprint density at radius 2 is 1.76 bits per heavy atom. The van der Waals surface area contributed by atoms with Crippen LogP contribution in [0.15, 0.2) is 24.3 Å². The summed E-state index contributed by atoms with van der Waals surface area (Å²) in [7, 11) is 0. The van der Waals surface area contributed by atoms with Gasteiger partial charge in [-0.05, 0) is 41.5 Å². The molecule has 33 heavy (non-hydrogen) atoms. The molecule has 1 fully saturated rings. The molecule has 3 heterocycles. The number of ether oxygens (including phenoxy) is 2. The molecule has 1 aliphatic carbocycles. The third-order valence-electron chi connectivity index (χ3n) is 7.21. The number of aliphatic hydroxyl groups excluding tert-OH is 2. The summed E-state index contributed by atoms with van der Waals surface area (Å²) in [4.78, 5) is 4.76. The van der Waals surface area contributed by atoms with Crippen LogP contribution in [0.25, 0.3) is 0 Å². The molecule has 1 aromatic heterocycles. The molecule has 2 N–H and O–H groups in total. The maximum atomic E-state index is 13.1. The van der Waals surface area contributed by atoms with E-state index in [1.165, 1.54) is 12.1 Å². The van der Waals surface area contributed by atoms with Gasteiger partial charge in [-0.15, -0.1) is 0 Å². The molecule has 2 aromatic rings.